The van der Waals surface area contributed by atoms with Crippen LogP contribution >= 0.6 is 0 Å². The van der Waals surface area contributed by atoms with Crippen LogP contribution in [-0.4, -0.2) is 155 Å². The minimum absolute atomic E-state index is 0.0372. The molecule has 3 aromatic rings. The van der Waals surface area contributed by atoms with Crippen molar-refractivity contribution in [2.75, 3.05) is 20.2 Å². The Morgan fingerprint density at radius 3 is 2.35 bits per heavy atom. The van der Waals surface area contributed by atoms with E-state index in [2.05, 4.69) is 10.6 Å². The maximum Gasteiger partial charge on any atom is 0.340 e. The number of hydrogen-bond donors (Lipinski definition) is 14. The Bertz CT molecular complexity index is 2390. The van der Waals surface area contributed by atoms with Crippen molar-refractivity contribution in [3.63, 3.8) is 0 Å². The molecule has 1 spiro atoms. The first-order chi connectivity index (χ1) is 29.9. The first-order valence-corrected chi connectivity index (χ1v) is 20.0. The lowest BCUT2D eigenvalue weighted by Gasteiger charge is -2.50. The number of nitrogens with two attached hydrogens (primary N) is 1. The van der Waals surface area contributed by atoms with Crippen LogP contribution in [0.1, 0.15) is 36.8 Å². The van der Waals surface area contributed by atoms with Gasteiger partial charge in [0.2, 0.25) is 12.1 Å². The summed E-state index contributed by atoms with van der Waals surface area (Å²) in [6.07, 6.45) is -17.0. The monoisotopic (exact) mass is 887 g/mol. The molecule has 0 saturated carbocycles. The Hall–Kier alpha value is -5.37. The lowest BCUT2D eigenvalue weighted by Crippen LogP contribution is -2.71. The first kappa shape index (κ1) is 45.6. The predicted molar refractivity (Wildman–Crippen MR) is 213 cm³/mol. The van der Waals surface area contributed by atoms with Crippen molar-refractivity contribution in [3.8, 4) is 34.3 Å². The van der Waals surface area contributed by atoms with E-state index in [4.69, 9.17) is 29.1 Å². The molecule has 7 rings (SSSR count). The number of fused-ring (bicyclic) bond motifs is 2. The van der Waals surface area contributed by atoms with E-state index in [0.29, 0.717) is 12.0 Å². The highest BCUT2D eigenvalue weighted by atomic mass is 16.8. The fourth-order valence-corrected chi connectivity index (χ4v) is 8.63. The SMILES string of the molecule is CCC1=CC(C2CC(CNC)C3(Oc4cc5oc(-c6cc(O)c(O)c(CCO)c6)cc(=O)c5c(O)c42)OC(C(=O)OC2OC(C(=O)O)C(O)C(O)C2O)C(O)C(O)C3O)=CNC1N. The molecule has 5 heterocycles. The van der Waals surface area contributed by atoms with Crippen LogP contribution < -0.4 is 26.5 Å². The number of carboxylic acid groups (broad SMARTS) is 1. The van der Waals surface area contributed by atoms with E-state index in [1.165, 1.54) is 19.2 Å². The molecule has 22 nitrogen and oxygen atoms in total. The molecule has 342 valence electrons. The van der Waals surface area contributed by atoms with Gasteiger partial charge in [0.15, 0.2) is 29.1 Å². The number of ether oxygens (including phenoxy) is 4. The Kier molecular flexibility index (Phi) is 12.8. The number of benzene rings is 2. The lowest BCUT2D eigenvalue weighted by molar-refractivity contribution is -0.352. The summed E-state index contributed by atoms with van der Waals surface area (Å²) in [5.74, 6) is -10.3. The van der Waals surface area contributed by atoms with Gasteiger partial charge >= 0.3 is 11.9 Å². The van der Waals surface area contributed by atoms with Crippen LogP contribution in [0.5, 0.6) is 23.0 Å². The maximum atomic E-state index is 14.0. The summed E-state index contributed by atoms with van der Waals surface area (Å²) >= 11 is 0. The van der Waals surface area contributed by atoms with Gasteiger partial charge in [-0.1, -0.05) is 13.0 Å². The Balaban J connectivity index is 1.39. The molecule has 0 bridgehead atoms. The third-order valence-corrected chi connectivity index (χ3v) is 12.0. The van der Waals surface area contributed by atoms with Crippen molar-refractivity contribution < 1.29 is 89.1 Å². The molecule has 1 aromatic heterocycles. The second-order valence-electron chi connectivity index (χ2n) is 15.8. The quantitative estimate of drug-likeness (QED) is 0.0741. The third kappa shape index (κ3) is 7.97. The Labute approximate surface area is 356 Å². The van der Waals surface area contributed by atoms with Crippen molar-refractivity contribution >= 4 is 22.9 Å². The molecule has 13 atom stereocenters. The van der Waals surface area contributed by atoms with Gasteiger partial charge in [0.05, 0.1) is 6.17 Å². The zero-order valence-electron chi connectivity index (χ0n) is 33.7. The number of nitrogens with one attached hydrogen (secondary N) is 2. The van der Waals surface area contributed by atoms with Gasteiger partial charge in [0, 0.05) is 60.0 Å². The number of aliphatic hydroxyl groups is 7. The summed E-state index contributed by atoms with van der Waals surface area (Å²) in [5, 5.41) is 123. The molecule has 13 unspecified atom stereocenters. The number of aliphatic carboxylic acids is 1. The summed E-state index contributed by atoms with van der Waals surface area (Å²) in [6, 6.07) is 4.72. The predicted octanol–water partition coefficient (Wildman–Crippen LogP) is -2.47. The summed E-state index contributed by atoms with van der Waals surface area (Å²) < 4.78 is 29.2. The summed E-state index contributed by atoms with van der Waals surface area (Å²) in [5.41, 5.74) is 6.63. The van der Waals surface area contributed by atoms with Crippen molar-refractivity contribution in [3.05, 3.63) is 69.0 Å². The molecule has 2 saturated heterocycles. The molecular formula is C41H49N3O19. The Morgan fingerprint density at radius 2 is 1.68 bits per heavy atom. The number of aliphatic hydroxyl groups excluding tert-OH is 7. The van der Waals surface area contributed by atoms with Gasteiger partial charge in [0.1, 0.15) is 64.9 Å². The van der Waals surface area contributed by atoms with Gasteiger partial charge in [0.25, 0.3) is 0 Å². The van der Waals surface area contributed by atoms with Crippen LogP contribution in [0.4, 0.5) is 0 Å². The number of carbonyl (C=O) groups is 2. The molecule has 0 amide bonds. The van der Waals surface area contributed by atoms with Crippen LogP contribution in [-0.2, 0) is 30.2 Å². The molecule has 22 heteroatoms. The number of carboxylic acids is 1. The average Bonchev–Trinajstić information content (AvgIpc) is 3.37. The molecule has 4 aliphatic rings. The number of allylic oxidation sites excluding steroid dienone is 2. The highest BCUT2D eigenvalue weighted by molar-refractivity contribution is 5.89. The largest absolute Gasteiger partial charge is 0.507 e. The second-order valence-corrected chi connectivity index (χ2v) is 15.8. The minimum Gasteiger partial charge on any atom is -0.507 e. The average molecular weight is 888 g/mol. The number of phenols is 3. The first-order valence-electron chi connectivity index (χ1n) is 20.0. The van der Waals surface area contributed by atoms with Gasteiger partial charge in [-0.3, -0.25) is 4.79 Å². The molecule has 2 aromatic carbocycles. The fraction of sp³-hybridized carbons (Fsp3) is 0.488. The van der Waals surface area contributed by atoms with Gasteiger partial charge in [-0.15, -0.1) is 0 Å². The van der Waals surface area contributed by atoms with Gasteiger partial charge in [-0.2, -0.15) is 0 Å². The molecular weight excluding hydrogens is 838 g/mol. The van der Waals surface area contributed by atoms with Crippen LogP contribution in [0.3, 0.4) is 0 Å². The van der Waals surface area contributed by atoms with Gasteiger partial charge < -0.3 is 95.9 Å². The van der Waals surface area contributed by atoms with Crippen LogP contribution in [0, 0.1) is 5.92 Å². The maximum absolute atomic E-state index is 14.0. The van der Waals surface area contributed by atoms with Crippen molar-refractivity contribution in [1.82, 2.24) is 10.6 Å². The highest BCUT2D eigenvalue weighted by Gasteiger charge is 2.63. The van der Waals surface area contributed by atoms with Crippen molar-refractivity contribution in [1.29, 1.82) is 0 Å². The fourth-order valence-electron chi connectivity index (χ4n) is 8.63. The van der Waals surface area contributed by atoms with Gasteiger partial charge in [-0.05, 0) is 49.6 Å². The second kappa shape index (κ2) is 17.7. The van der Waals surface area contributed by atoms with E-state index in [1.807, 2.05) is 6.92 Å². The number of dihydropyridines is 1. The summed E-state index contributed by atoms with van der Waals surface area (Å²) in [4.78, 5) is 39.6. The minimum atomic E-state index is -2.57. The van der Waals surface area contributed by atoms with Crippen molar-refractivity contribution in [2.24, 2.45) is 11.7 Å². The highest BCUT2D eigenvalue weighted by Crippen LogP contribution is 2.54. The van der Waals surface area contributed by atoms with E-state index < -0.39 is 120 Å². The molecule has 2 fully saturated rings. The smallest absolute Gasteiger partial charge is 0.340 e. The number of phenolic OH excluding ortho intramolecular Hbond substituents is 3. The number of aromatic hydroxyl groups is 3. The van der Waals surface area contributed by atoms with Gasteiger partial charge in [-0.25, -0.2) is 9.59 Å². The topological polar surface area (TPSA) is 374 Å². The van der Waals surface area contributed by atoms with E-state index in [1.54, 1.807) is 12.3 Å². The number of esters is 1. The molecule has 63 heavy (non-hydrogen) atoms. The van der Waals surface area contributed by atoms with Crippen molar-refractivity contribution in [2.45, 2.75) is 99.2 Å². The number of carbonyl (C=O) groups excluding carboxylic acids is 1. The lowest BCUT2D eigenvalue weighted by atomic mass is 9.76. The van der Waals surface area contributed by atoms with E-state index in [0.717, 1.165) is 17.7 Å². The van der Waals surface area contributed by atoms with E-state index in [-0.39, 0.29) is 58.6 Å². The standard InChI is InChI=1S/C41H49N3O19/c1-3-14-6-17(12-44-37(14)42)19-9-18(13-43-2)41(36(55)32(53)31(52)35(63-41)39(58)61-40-33(54)29(50)30(51)34(60-40)38(56)57)62-24-11-23-26(28(49)25(19)24)20(46)10-22(59-23)16-7-15(4-5-45)27(48)21(47)8-16/h6-8,10-12,18-19,29-37,40,43-45,47-55H,3-5,9,13,42H2,1-2H3,(H,56,57). The number of rotatable bonds is 10. The van der Waals surface area contributed by atoms with E-state index in [9.17, 15) is 70.6 Å². The van der Waals surface area contributed by atoms with Crippen LogP contribution in [0.15, 0.2) is 56.9 Å². The molecule has 15 N–H and O–H groups in total. The van der Waals surface area contributed by atoms with Crippen LogP contribution in [0.2, 0.25) is 0 Å². The normalized spacial score (nSPS) is 33.0. The molecule has 0 aliphatic carbocycles. The zero-order chi connectivity index (χ0) is 45.8. The number of hydrogen-bond acceptors (Lipinski definition) is 21. The zero-order valence-corrected chi connectivity index (χ0v) is 33.7. The third-order valence-electron chi connectivity index (χ3n) is 12.0. The summed E-state index contributed by atoms with van der Waals surface area (Å²) in [6.45, 7) is 1.36. The Morgan fingerprint density at radius 1 is 0.968 bits per heavy atom. The summed E-state index contributed by atoms with van der Waals surface area (Å²) in [7, 11) is 1.53. The van der Waals surface area contributed by atoms with Crippen LogP contribution in [0.25, 0.3) is 22.3 Å². The van der Waals surface area contributed by atoms with E-state index >= 15 is 0 Å². The molecule has 0 radical (unpaired) electrons. The molecule has 4 aliphatic heterocycles.